The number of amides is 2. The van der Waals surface area contributed by atoms with Crippen LogP contribution in [0.1, 0.15) is 13.3 Å². The molecular formula is C12H17FN2O6. The van der Waals surface area contributed by atoms with Gasteiger partial charge in [-0.3, -0.25) is 14.5 Å². The standard InChI is InChI=1S/C12H17FN2O6/c1-2-11(20)9(19)12(13,6-16)21-10(11)15-4-3-7(17)14-5-8(15)18/h3-4,9-10,16,19-20H,2,5-6H2,1H3,(H,14,17)/t9-,10+,11+,12+/m0/s1. The van der Waals surface area contributed by atoms with Crippen LogP contribution in [0.2, 0.25) is 0 Å². The van der Waals surface area contributed by atoms with Crippen molar-refractivity contribution in [2.24, 2.45) is 0 Å². The van der Waals surface area contributed by atoms with Crippen LogP contribution >= 0.6 is 0 Å². The highest BCUT2D eigenvalue weighted by Crippen LogP contribution is 2.43. The number of hydrogen-bond acceptors (Lipinski definition) is 6. The smallest absolute Gasteiger partial charge is 0.263 e. The van der Waals surface area contributed by atoms with E-state index in [4.69, 9.17) is 9.84 Å². The Kier molecular flexibility index (Phi) is 4.02. The Morgan fingerprint density at radius 3 is 2.81 bits per heavy atom. The Bertz CT molecular complexity index is 486. The number of aliphatic hydroxyl groups is 3. The molecule has 21 heavy (non-hydrogen) atoms. The molecule has 1 fully saturated rings. The molecule has 0 aromatic heterocycles. The summed E-state index contributed by atoms with van der Waals surface area (Å²) in [6.45, 7) is -0.0754. The van der Waals surface area contributed by atoms with Crippen molar-refractivity contribution in [2.75, 3.05) is 13.2 Å². The Morgan fingerprint density at radius 2 is 2.24 bits per heavy atom. The topological polar surface area (TPSA) is 119 Å². The summed E-state index contributed by atoms with van der Waals surface area (Å²) in [5, 5.41) is 31.7. The third-order valence-corrected chi connectivity index (χ3v) is 3.74. The van der Waals surface area contributed by atoms with Crippen LogP contribution in [-0.4, -0.2) is 69.0 Å². The molecule has 2 aliphatic heterocycles. The molecule has 8 nitrogen and oxygen atoms in total. The first kappa shape index (κ1) is 15.8. The van der Waals surface area contributed by atoms with Gasteiger partial charge in [0, 0.05) is 12.3 Å². The molecule has 0 aromatic rings. The van der Waals surface area contributed by atoms with Gasteiger partial charge in [-0.15, -0.1) is 0 Å². The van der Waals surface area contributed by atoms with E-state index < -0.39 is 42.2 Å². The lowest BCUT2D eigenvalue weighted by Gasteiger charge is -2.34. The largest absolute Gasteiger partial charge is 0.390 e. The fraction of sp³-hybridized carbons (Fsp3) is 0.667. The molecule has 0 radical (unpaired) electrons. The van der Waals surface area contributed by atoms with E-state index in [0.717, 1.165) is 17.2 Å². The van der Waals surface area contributed by atoms with Crippen LogP contribution in [0, 0.1) is 0 Å². The average Bonchev–Trinajstić information content (AvgIpc) is 2.58. The number of aliphatic hydroxyl groups excluding tert-OH is 2. The molecule has 4 atom stereocenters. The van der Waals surface area contributed by atoms with E-state index in [0.29, 0.717) is 0 Å². The summed E-state index contributed by atoms with van der Waals surface area (Å²) in [7, 11) is 0. The highest BCUT2D eigenvalue weighted by molar-refractivity contribution is 5.94. The zero-order chi connectivity index (χ0) is 15.8. The summed E-state index contributed by atoms with van der Waals surface area (Å²) >= 11 is 0. The molecule has 4 N–H and O–H groups in total. The number of rotatable bonds is 3. The summed E-state index contributed by atoms with van der Waals surface area (Å²) in [5.41, 5.74) is -2.12. The molecule has 0 spiro atoms. The number of hydrogen-bond donors (Lipinski definition) is 4. The average molecular weight is 304 g/mol. The third kappa shape index (κ3) is 2.42. The molecule has 9 heteroatoms. The minimum absolute atomic E-state index is 0.135. The second-order valence-electron chi connectivity index (χ2n) is 5.00. The second-order valence-corrected chi connectivity index (χ2v) is 5.00. The number of nitrogens with one attached hydrogen (secondary N) is 1. The molecule has 2 rings (SSSR count). The maximum Gasteiger partial charge on any atom is 0.263 e. The maximum absolute atomic E-state index is 14.3. The predicted molar refractivity (Wildman–Crippen MR) is 66.0 cm³/mol. The summed E-state index contributed by atoms with van der Waals surface area (Å²) in [5.74, 6) is -4.07. The first-order valence-corrected chi connectivity index (χ1v) is 6.43. The second kappa shape index (κ2) is 5.34. The highest BCUT2D eigenvalue weighted by Gasteiger charge is 2.65. The summed E-state index contributed by atoms with van der Waals surface area (Å²) in [6.07, 6.45) is -1.67. The van der Waals surface area contributed by atoms with Crippen LogP contribution in [0.25, 0.3) is 0 Å². The van der Waals surface area contributed by atoms with Crippen molar-refractivity contribution in [1.29, 1.82) is 0 Å². The van der Waals surface area contributed by atoms with Gasteiger partial charge in [0.25, 0.3) is 5.85 Å². The van der Waals surface area contributed by atoms with E-state index >= 15 is 0 Å². The van der Waals surface area contributed by atoms with Gasteiger partial charge in [0.1, 0.15) is 18.3 Å². The van der Waals surface area contributed by atoms with E-state index in [2.05, 4.69) is 5.32 Å². The number of carbonyl (C=O) groups excluding carboxylic acids is 2. The van der Waals surface area contributed by atoms with Crippen LogP contribution in [0.15, 0.2) is 12.3 Å². The van der Waals surface area contributed by atoms with E-state index in [1.165, 1.54) is 6.92 Å². The monoisotopic (exact) mass is 304 g/mol. The lowest BCUT2D eigenvalue weighted by atomic mass is 9.90. The zero-order valence-corrected chi connectivity index (χ0v) is 11.3. The fourth-order valence-electron chi connectivity index (χ4n) is 2.40. The molecule has 0 aliphatic carbocycles. The van der Waals surface area contributed by atoms with Crippen molar-refractivity contribution in [1.82, 2.24) is 10.2 Å². The van der Waals surface area contributed by atoms with Gasteiger partial charge < -0.3 is 25.4 Å². The molecule has 1 saturated heterocycles. The van der Waals surface area contributed by atoms with E-state index in [1.807, 2.05) is 0 Å². The van der Waals surface area contributed by atoms with Gasteiger partial charge in [0.05, 0.1) is 6.54 Å². The van der Waals surface area contributed by atoms with Gasteiger partial charge in [-0.05, 0) is 6.42 Å². The van der Waals surface area contributed by atoms with E-state index in [9.17, 15) is 24.2 Å². The minimum Gasteiger partial charge on any atom is -0.390 e. The summed E-state index contributed by atoms with van der Waals surface area (Å²) < 4.78 is 19.2. The van der Waals surface area contributed by atoms with Crippen LogP contribution in [0.3, 0.4) is 0 Å². The molecule has 2 heterocycles. The van der Waals surface area contributed by atoms with Crippen molar-refractivity contribution in [3.63, 3.8) is 0 Å². The van der Waals surface area contributed by atoms with E-state index in [-0.39, 0.29) is 13.0 Å². The van der Waals surface area contributed by atoms with Gasteiger partial charge in [-0.25, -0.2) is 4.39 Å². The molecular weight excluding hydrogens is 287 g/mol. The van der Waals surface area contributed by atoms with Crippen molar-refractivity contribution in [2.45, 2.75) is 37.1 Å². The highest BCUT2D eigenvalue weighted by atomic mass is 19.2. The van der Waals surface area contributed by atoms with Crippen LogP contribution < -0.4 is 5.32 Å². The normalized spacial score (nSPS) is 40.3. The van der Waals surface area contributed by atoms with Crippen LogP contribution in [0.4, 0.5) is 4.39 Å². The number of alkyl halides is 1. The van der Waals surface area contributed by atoms with Gasteiger partial charge in [-0.2, -0.15) is 0 Å². The number of carbonyl (C=O) groups is 2. The number of halogens is 1. The summed E-state index contributed by atoms with van der Waals surface area (Å²) in [4.78, 5) is 24.0. The fourth-order valence-corrected chi connectivity index (χ4v) is 2.40. The van der Waals surface area contributed by atoms with Crippen molar-refractivity contribution >= 4 is 11.8 Å². The zero-order valence-electron chi connectivity index (χ0n) is 11.3. The molecule has 0 unspecified atom stereocenters. The van der Waals surface area contributed by atoms with E-state index in [1.54, 1.807) is 0 Å². The maximum atomic E-state index is 14.3. The first-order chi connectivity index (χ1) is 9.78. The lowest BCUT2D eigenvalue weighted by molar-refractivity contribution is -0.212. The Hall–Kier alpha value is -1.55. The number of ether oxygens (including phenoxy) is 1. The van der Waals surface area contributed by atoms with Crippen LogP contribution in [0.5, 0.6) is 0 Å². The van der Waals surface area contributed by atoms with Crippen molar-refractivity contribution in [3.05, 3.63) is 12.3 Å². The predicted octanol–water partition coefficient (Wildman–Crippen LogP) is -2.03. The van der Waals surface area contributed by atoms with Gasteiger partial charge in [0.2, 0.25) is 11.8 Å². The third-order valence-electron chi connectivity index (χ3n) is 3.74. The Labute approximate surface area is 119 Å². The Morgan fingerprint density at radius 1 is 1.57 bits per heavy atom. The van der Waals surface area contributed by atoms with Crippen LogP contribution in [-0.2, 0) is 14.3 Å². The molecule has 2 aliphatic rings. The van der Waals surface area contributed by atoms with Gasteiger partial charge in [0.15, 0.2) is 6.23 Å². The summed E-state index contributed by atoms with van der Waals surface area (Å²) in [6, 6.07) is 0. The quantitative estimate of drug-likeness (QED) is 0.478. The molecule has 2 amide bonds. The SMILES string of the molecule is CC[C@]1(O)[C@H](N2C=CC(=O)NCC2=O)O[C@](F)(CO)[C@H]1O. The van der Waals surface area contributed by atoms with Crippen molar-refractivity contribution in [3.8, 4) is 0 Å². The Balaban J connectivity index is 2.39. The minimum atomic E-state index is -2.90. The molecule has 0 bridgehead atoms. The first-order valence-electron chi connectivity index (χ1n) is 6.43. The van der Waals surface area contributed by atoms with Gasteiger partial charge in [-0.1, -0.05) is 6.92 Å². The molecule has 118 valence electrons. The lowest BCUT2D eigenvalue weighted by Crippen LogP contribution is -2.56. The van der Waals surface area contributed by atoms with Gasteiger partial charge >= 0.3 is 0 Å². The molecule has 0 aromatic carbocycles. The number of nitrogens with zero attached hydrogens (tertiary/aromatic N) is 1. The molecule has 0 saturated carbocycles. The van der Waals surface area contributed by atoms with Crippen molar-refractivity contribution < 1.29 is 34.0 Å².